The van der Waals surface area contributed by atoms with Gasteiger partial charge < -0.3 is 9.47 Å². The highest BCUT2D eigenvalue weighted by Gasteiger charge is 2.45. The van der Waals surface area contributed by atoms with Crippen LogP contribution in [0.25, 0.3) is 0 Å². The Morgan fingerprint density at radius 1 is 1.08 bits per heavy atom. The average Bonchev–Trinajstić information content (AvgIpc) is 2.81. The minimum absolute atomic E-state index is 0.0394. The second-order valence-electron chi connectivity index (χ2n) is 5.62. The summed E-state index contributed by atoms with van der Waals surface area (Å²) < 4.78 is 37.6. The van der Waals surface area contributed by atoms with Gasteiger partial charge >= 0.3 is 0 Å². The molecule has 0 saturated heterocycles. The van der Waals surface area contributed by atoms with Gasteiger partial charge in [-0.15, -0.1) is 0 Å². The van der Waals surface area contributed by atoms with Crippen LogP contribution in [0.3, 0.4) is 0 Å². The van der Waals surface area contributed by atoms with Crippen LogP contribution in [-0.2, 0) is 16.4 Å². The molecule has 25 heavy (non-hydrogen) atoms. The number of carbonyl (C=O) groups is 1. The number of hydrogen-bond donors (Lipinski definition) is 0. The maximum Gasteiger partial charge on any atom is 0.274 e. The fourth-order valence-corrected chi connectivity index (χ4v) is 4.73. The molecular formula is C18H19NO5S. The van der Waals surface area contributed by atoms with E-state index in [1.54, 1.807) is 30.3 Å². The van der Waals surface area contributed by atoms with Gasteiger partial charge in [0.05, 0.1) is 25.5 Å². The van der Waals surface area contributed by atoms with Crippen molar-refractivity contribution >= 4 is 21.6 Å². The Morgan fingerprint density at radius 3 is 2.32 bits per heavy atom. The summed E-state index contributed by atoms with van der Waals surface area (Å²) in [6.45, 7) is 1.95. The van der Waals surface area contributed by atoms with E-state index in [0.717, 1.165) is 10.7 Å². The van der Waals surface area contributed by atoms with Crippen molar-refractivity contribution in [2.75, 3.05) is 18.5 Å². The topological polar surface area (TPSA) is 72.9 Å². The number of para-hydroxylation sites is 1. The molecule has 0 radical (unpaired) electrons. The number of sulfonamides is 1. The van der Waals surface area contributed by atoms with Crippen molar-refractivity contribution in [2.24, 2.45) is 0 Å². The van der Waals surface area contributed by atoms with Crippen LogP contribution in [0.2, 0.25) is 0 Å². The van der Waals surface area contributed by atoms with E-state index >= 15 is 0 Å². The van der Waals surface area contributed by atoms with Crippen molar-refractivity contribution in [3.8, 4) is 11.5 Å². The number of methoxy groups -OCH3 is 2. The van der Waals surface area contributed by atoms with E-state index in [4.69, 9.17) is 9.47 Å². The van der Waals surface area contributed by atoms with Gasteiger partial charge in [-0.3, -0.25) is 4.79 Å². The molecule has 0 aliphatic carbocycles. The molecule has 7 heteroatoms. The van der Waals surface area contributed by atoms with Crippen molar-refractivity contribution in [1.82, 2.24) is 0 Å². The number of carbonyl (C=O) groups excluding carboxylic acids is 1. The van der Waals surface area contributed by atoms with Gasteiger partial charge in [-0.2, -0.15) is 4.31 Å². The predicted molar refractivity (Wildman–Crippen MR) is 94.0 cm³/mol. The van der Waals surface area contributed by atoms with Gasteiger partial charge in [-0.05, 0) is 18.6 Å². The van der Waals surface area contributed by atoms with E-state index in [2.05, 4.69) is 0 Å². The zero-order chi connectivity index (χ0) is 18.2. The standard InChI is InChI=1S/C18H19NO5S/c1-4-8-13-16-15(11-14(23-2)17(13)24-3)25(21,22)19(18(16)20)12-9-6-5-7-10-12/h5-7,9-11H,4,8H2,1-3H3. The van der Waals surface area contributed by atoms with Crippen molar-refractivity contribution in [3.63, 3.8) is 0 Å². The van der Waals surface area contributed by atoms with Gasteiger partial charge in [0.25, 0.3) is 15.9 Å². The number of amides is 1. The molecule has 2 aromatic rings. The van der Waals surface area contributed by atoms with Crippen molar-refractivity contribution in [2.45, 2.75) is 24.7 Å². The average molecular weight is 361 g/mol. The highest BCUT2D eigenvalue weighted by Crippen LogP contribution is 2.44. The molecule has 2 aromatic carbocycles. The summed E-state index contributed by atoms with van der Waals surface area (Å²) in [5, 5.41) is 0. The van der Waals surface area contributed by atoms with Gasteiger partial charge in [0.1, 0.15) is 4.90 Å². The van der Waals surface area contributed by atoms with Gasteiger partial charge in [0, 0.05) is 11.6 Å². The van der Waals surface area contributed by atoms with Crippen molar-refractivity contribution in [1.29, 1.82) is 0 Å². The predicted octanol–water partition coefficient (Wildman–Crippen LogP) is 3.01. The molecule has 1 amide bonds. The Balaban J connectivity index is 2.32. The minimum atomic E-state index is -4.00. The quantitative estimate of drug-likeness (QED) is 0.818. The number of hydrogen-bond acceptors (Lipinski definition) is 5. The summed E-state index contributed by atoms with van der Waals surface area (Å²) in [6.07, 6.45) is 1.24. The minimum Gasteiger partial charge on any atom is -0.493 e. The normalized spacial score (nSPS) is 15.2. The molecule has 0 spiro atoms. The van der Waals surface area contributed by atoms with E-state index in [1.807, 2.05) is 6.92 Å². The molecule has 0 unspecified atom stereocenters. The molecule has 1 aliphatic heterocycles. The third-order valence-electron chi connectivity index (χ3n) is 4.14. The SMILES string of the molecule is CCCc1c(OC)c(OC)cc2c1C(=O)N(c1ccccc1)S2(=O)=O. The Kier molecular flexibility index (Phi) is 4.43. The molecule has 3 rings (SSSR count). The number of benzene rings is 2. The smallest absolute Gasteiger partial charge is 0.274 e. The lowest BCUT2D eigenvalue weighted by molar-refractivity contribution is 0.101. The molecule has 1 aliphatic rings. The van der Waals surface area contributed by atoms with E-state index in [0.29, 0.717) is 29.2 Å². The van der Waals surface area contributed by atoms with Crippen molar-refractivity contribution in [3.05, 3.63) is 47.5 Å². The zero-order valence-corrected chi connectivity index (χ0v) is 15.1. The first-order valence-corrected chi connectivity index (χ1v) is 9.33. The van der Waals surface area contributed by atoms with Crippen LogP contribution in [0.5, 0.6) is 11.5 Å². The molecule has 132 valence electrons. The molecule has 0 fully saturated rings. The van der Waals surface area contributed by atoms with Crippen LogP contribution < -0.4 is 13.8 Å². The van der Waals surface area contributed by atoms with Gasteiger partial charge in [0.15, 0.2) is 11.5 Å². The lowest BCUT2D eigenvalue weighted by Crippen LogP contribution is -2.29. The number of ether oxygens (including phenoxy) is 2. The summed E-state index contributed by atoms with van der Waals surface area (Å²) in [5.74, 6) is 0.142. The van der Waals surface area contributed by atoms with Crippen LogP contribution >= 0.6 is 0 Å². The molecule has 0 aromatic heterocycles. The van der Waals surface area contributed by atoms with Crippen LogP contribution in [-0.4, -0.2) is 28.5 Å². The summed E-state index contributed by atoms with van der Waals surface area (Å²) in [6, 6.07) is 9.69. The molecule has 0 N–H and O–H groups in total. The summed E-state index contributed by atoms with van der Waals surface area (Å²) in [5.41, 5.74) is 1.04. The summed E-state index contributed by atoms with van der Waals surface area (Å²) in [4.78, 5) is 13.0. The van der Waals surface area contributed by atoms with Crippen LogP contribution in [0.4, 0.5) is 5.69 Å². The second-order valence-corrected chi connectivity index (χ2v) is 7.38. The maximum absolute atomic E-state index is 13.0. The van der Waals surface area contributed by atoms with Gasteiger partial charge in [-0.1, -0.05) is 31.5 Å². The third-order valence-corrected chi connectivity index (χ3v) is 5.87. The Bertz CT molecular complexity index is 922. The number of fused-ring (bicyclic) bond motifs is 1. The summed E-state index contributed by atoms with van der Waals surface area (Å²) in [7, 11) is -1.08. The highest BCUT2D eigenvalue weighted by atomic mass is 32.2. The van der Waals surface area contributed by atoms with E-state index in [9.17, 15) is 13.2 Å². The van der Waals surface area contributed by atoms with Gasteiger partial charge in [0.2, 0.25) is 0 Å². The molecule has 1 heterocycles. The number of nitrogens with zero attached hydrogens (tertiary/aromatic N) is 1. The number of anilines is 1. The fraction of sp³-hybridized carbons (Fsp3) is 0.278. The lowest BCUT2D eigenvalue weighted by Gasteiger charge is -2.15. The molecule has 0 bridgehead atoms. The largest absolute Gasteiger partial charge is 0.493 e. The fourth-order valence-electron chi connectivity index (χ4n) is 3.10. The number of rotatable bonds is 5. The first kappa shape index (κ1) is 17.3. The van der Waals surface area contributed by atoms with E-state index in [-0.39, 0.29) is 10.5 Å². The molecular weight excluding hydrogens is 342 g/mol. The lowest BCUT2D eigenvalue weighted by atomic mass is 10.00. The van der Waals surface area contributed by atoms with E-state index in [1.165, 1.54) is 20.3 Å². The first-order chi connectivity index (χ1) is 12.0. The van der Waals surface area contributed by atoms with Crippen LogP contribution in [0.15, 0.2) is 41.3 Å². The van der Waals surface area contributed by atoms with Gasteiger partial charge in [-0.25, -0.2) is 8.42 Å². The molecule has 0 saturated carbocycles. The third kappa shape index (κ3) is 2.55. The zero-order valence-electron chi connectivity index (χ0n) is 14.3. The van der Waals surface area contributed by atoms with Crippen molar-refractivity contribution < 1.29 is 22.7 Å². The first-order valence-electron chi connectivity index (χ1n) is 7.89. The highest BCUT2D eigenvalue weighted by molar-refractivity contribution is 7.94. The Hall–Kier alpha value is -2.54. The second kappa shape index (κ2) is 6.40. The van der Waals surface area contributed by atoms with Crippen LogP contribution in [0, 0.1) is 0 Å². The summed E-state index contributed by atoms with van der Waals surface area (Å²) >= 11 is 0. The van der Waals surface area contributed by atoms with E-state index < -0.39 is 15.9 Å². The Labute approximate surface area is 147 Å². The Morgan fingerprint density at radius 2 is 1.76 bits per heavy atom. The van der Waals surface area contributed by atoms with Crippen LogP contribution in [0.1, 0.15) is 29.3 Å². The maximum atomic E-state index is 13.0. The molecule has 0 atom stereocenters. The molecule has 6 nitrogen and oxygen atoms in total. The monoisotopic (exact) mass is 361 g/mol.